The largest absolute Gasteiger partial charge is 0.384 e. The van der Waals surface area contributed by atoms with Crippen molar-refractivity contribution in [2.75, 3.05) is 26.4 Å². The summed E-state index contributed by atoms with van der Waals surface area (Å²) in [7, 11) is 0. The zero-order valence-corrected chi connectivity index (χ0v) is 11.3. The predicted molar refractivity (Wildman–Crippen MR) is 74.1 cm³/mol. The first-order valence-corrected chi connectivity index (χ1v) is 6.72. The maximum atomic E-state index is 12.1. The molecule has 1 amide bonds. The number of rotatable bonds is 4. The molecule has 2 heterocycles. The normalized spacial score (nSPS) is 17.4. The van der Waals surface area contributed by atoms with Crippen LogP contribution in [0.1, 0.15) is 28.9 Å². The summed E-state index contributed by atoms with van der Waals surface area (Å²) in [5.41, 5.74) is 0.833. The van der Waals surface area contributed by atoms with Crippen LogP contribution < -0.4 is 5.32 Å². The van der Waals surface area contributed by atoms with Gasteiger partial charge in [0.25, 0.3) is 5.91 Å². The number of carbonyl (C=O) groups excluding carboxylic acids is 1. The summed E-state index contributed by atoms with van der Waals surface area (Å²) >= 11 is 0. The fourth-order valence-corrected chi connectivity index (χ4v) is 2.11. The molecule has 0 aromatic carbocycles. The first-order chi connectivity index (χ1) is 9.81. The van der Waals surface area contributed by atoms with E-state index < -0.39 is 0 Å². The Balaban J connectivity index is 1.91. The monoisotopic (exact) mass is 274 g/mol. The second-order valence-corrected chi connectivity index (χ2v) is 4.63. The van der Waals surface area contributed by atoms with Crippen molar-refractivity contribution >= 4 is 5.91 Å². The van der Waals surface area contributed by atoms with Crippen LogP contribution in [0.2, 0.25) is 0 Å². The van der Waals surface area contributed by atoms with Crippen LogP contribution in [0, 0.1) is 17.8 Å². The number of hydrogen-bond donors (Lipinski definition) is 2. The van der Waals surface area contributed by atoms with Gasteiger partial charge in [0.1, 0.15) is 12.3 Å². The Morgan fingerprint density at radius 2 is 2.50 bits per heavy atom. The molecular formula is C15H18N2O3. The number of carbonyl (C=O) groups is 1. The lowest BCUT2D eigenvalue weighted by molar-refractivity contribution is 0.0945. The smallest absolute Gasteiger partial charge is 0.271 e. The van der Waals surface area contributed by atoms with Gasteiger partial charge >= 0.3 is 0 Å². The lowest BCUT2D eigenvalue weighted by Crippen LogP contribution is -2.27. The van der Waals surface area contributed by atoms with Gasteiger partial charge in [-0.1, -0.05) is 11.8 Å². The fourth-order valence-electron chi connectivity index (χ4n) is 2.11. The number of aromatic nitrogens is 1. The third kappa shape index (κ3) is 4.05. The Hall–Kier alpha value is -1.90. The number of hydrogen-bond acceptors (Lipinski definition) is 4. The van der Waals surface area contributed by atoms with E-state index in [1.165, 1.54) is 0 Å². The topological polar surface area (TPSA) is 71.5 Å². The van der Waals surface area contributed by atoms with Gasteiger partial charge in [-0.2, -0.15) is 0 Å². The molecule has 0 radical (unpaired) electrons. The maximum Gasteiger partial charge on any atom is 0.271 e. The minimum atomic E-state index is -0.238. The van der Waals surface area contributed by atoms with E-state index in [1.54, 1.807) is 18.3 Å². The molecule has 1 aliphatic heterocycles. The predicted octanol–water partition coefficient (Wildman–Crippen LogP) is 0.582. The van der Waals surface area contributed by atoms with Crippen molar-refractivity contribution in [2.24, 2.45) is 5.92 Å². The molecule has 1 unspecified atom stereocenters. The highest BCUT2D eigenvalue weighted by Gasteiger charge is 2.16. The van der Waals surface area contributed by atoms with Crippen molar-refractivity contribution in [1.82, 2.24) is 10.3 Å². The minimum absolute atomic E-state index is 0.230. The summed E-state index contributed by atoms with van der Waals surface area (Å²) in [6, 6.07) is 3.43. The summed E-state index contributed by atoms with van der Waals surface area (Å²) in [6.45, 7) is 1.97. The third-order valence-electron chi connectivity index (χ3n) is 3.19. The molecule has 0 bridgehead atoms. The molecule has 1 aromatic rings. The summed E-state index contributed by atoms with van der Waals surface area (Å²) in [5.74, 6) is 5.57. The van der Waals surface area contributed by atoms with E-state index in [1.807, 2.05) is 0 Å². The van der Waals surface area contributed by atoms with Gasteiger partial charge < -0.3 is 15.2 Å². The standard InChI is InChI=1S/C15H18N2O3/c18-9-2-4-13-3-1-7-16-14(13)15(19)17-8-5-12-6-10-20-11-12/h1,3,7,12,18H,5-6,8-11H2,(H,17,19). The molecule has 5 nitrogen and oxygen atoms in total. The minimum Gasteiger partial charge on any atom is -0.384 e. The van der Waals surface area contributed by atoms with Gasteiger partial charge in [-0.05, 0) is 30.9 Å². The van der Waals surface area contributed by atoms with Gasteiger partial charge in [0.2, 0.25) is 0 Å². The fraction of sp³-hybridized carbons (Fsp3) is 0.467. The van der Waals surface area contributed by atoms with E-state index in [2.05, 4.69) is 22.1 Å². The number of amides is 1. The Morgan fingerprint density at radius 3 is 3.25 bits per heavy atom. The maximum absolute atomic E-state index is 12.1. The van der Waals surface area contributed by atoms with Crippen LogP contribution in [-0.2, 0) is 4.74 Å². The van der Waals surface area contributed by atoms with Crippen LogP contribution in [0.25, 0.3) is 0 Å². The molecule has 1 aromatic heterocycles. The number of nitrogens with zero attached hydrogens (tertiary/aromatic N) is 1. The van der Waals surface area contributed by atoms with Crippen molar-refractivity contribution in [1.29, 1.82) is 0 Å². The van der Waals surface area contributed by atoms with E-state index in [4.69, 9.17) is 9.84 Å². The molecule has 2 N–H and O–H groups in total. The second-order valence-electron chi connectivity index (χ2n) is 4.63. The molecule has 1 saturated heterocycles. The quantitative estimate of drug-likeness (QED) is 0.788. The van der Waals surface area contributed by atoms with Gasteiger partial charge in [0.05, 0.1) is 5.56 Å². The highest BCUT2D eigenvalue weighted by atomic mass is 16.5. The lowest BCUT2D eigenvalue weighted by Gasteiger charge is -2.09. The van der Waals surface area contributed by atoms with Gasteiger partial charge in [0.15, 0.2) is 0 Å². The Labute approximate surface area is 118 Å². The molecule has 0 spiro atoms. The third-order valence-corrected chi connectivity index (χ3v) is 3.19. The average molecular weight is 274 g/mol. The summed E-state index contributed by atoms with van der Waals surface area (Å²) in [4.78, 5) is 16.1. The van der Waals surface area contributed by atoms with Crippen LogP contribution >= 0.6 is 0 Å². The molecular weight excluding hydrogens is 256 g/mol. The van der Waals surface area contributed by atoms with Crippen molar-refractivity contribution < 1.29 is 14.6 Å². The van der Waals surface area contributed by atoms with Crippen LogP contribution in [0.3, 0.4) is 0 Å². The van der Waals surface area contributed by atoms with Crippen molar-refractivity contribution in [3.63, 3.8) is 0 Å². The number of nitrogens with one attached hydrogen (secondary N) is 1. The molecule has 1 fully saturated rings. The molecule has 1 atom stereocenters. The van der Waals surface area contributed by atoms with E-state index in [0.29, 0.717) is 23.7 Å². The summed E-state index contributed by atoms with van der Waals surface area (Å²) in [6.07, 6.45) is 3.53. The first-order valence-electron chi connectivity index (χ1n) is 6.72. The second kappa shape index (κ2) is 7.63. The van der Waals surface area contributed by atoms with Gasteiger partial charge in [-0.25, -0.2) is 4.98 Å². The number of aliphatic hydroxyl groups excluding tert-OH is 1. The zero-order chi connectivity index (χ0) is 14.2. The van der Waals surface area contributed by atoms with Crippen LogP contribution in [0.5, 0.6) is 0 Å². The summed E-state index contributed by atoms with van der Waals surface area (Å²) < 4.78 is 5.30. The number of aliphatic hydroxyl groups is 1. The van der Waals surface area contributed by atoms with E-state index in [9.17, 15) is 4.79 Å². The van der Waals surface area contributed by atoms with Crippen molar-refractivity contribution in [3.8, 4) is 11.8 Å². The van der Waals surface area contributed by atoms with Crippen LogP contribution in [-0.4, -0.2) is 42.4 Å². The molecule has 106 valence electrons. The van der Waals surface area contributed by atoms with Crippen LogP contribution in [0.15, 0.2) is 18.3 Å². The number of pyridine rings is 1. The highest BCUT2D eigenvalue weighted by Crippen LogP contribution is 2.15. The molecule has 2 rings (SSSR count). The Bertz CT molecular complexity index is 513. The SMILES string of the molecule is O=C(NCCC1CCOC1)c1ncccc1C#CCO. The average Bonchev–Trinajstić information content (AvgIpc) is 2.98. The van der Waals surface area contributed by atoms with Gasteiger partial charge in [-0.15, -0.1) is 0 Å². The van der Waals surface area contributed by atoms with Crippen LogP contribution in [0.4, 0.5) is 0 Å². The van der Waals surface area contributed by atoms with Crippen molar-refractivity contribution in [2.45, 2.75) is 12.8 Å². The first kappa shape index (κ1) is 14.5. The van der Waals surface area contributed by atoms with E-state index >= 15 is 0 Å². The molecule has 20 heavy (non-hydrogen) atoms. The van der Waals surface area contributed by atoms with Gasteiger partial charge in [0, 0.05) is 26.0 Å². The lowest BCUT2D eigenvalue weighted by atomic mass is 10.1. The zero-order valence-electron chi connectivity index (χ0n) is 11.3. The Morgan fingerprint density at radius 1 is 1.60 bits per heavy atom. The van der Waals surface area contributed by atoms with Gasteiger partial charge in [-0.3, -0.25) is 4.79 Å². The summed E-state index contributed by atoms with van der Waals surface area (Å²) in [5, 5.41) is 11.6. The van der Waals surface area contributed by atoms with E-state index in [-0.39, 0.29) is 12.5 Å². The molecule has 0 saturated carbocycles. The number of ether oxygens (including phenoxy) is 1. The van der Waals surface area contributed by atoms with E-state index in [0.717, 1.165) is 26.1 Å². The molecule has 5 heteroatoms. The van der Waals surface area contributed by atoms with Crippen molar-refractivity contribution in [3.05, 3.63) is 29.6 Å². The molecule has 0 aliphatic carbocycles. The molecule has 1 aliphatic rings. The Kier molecular flexibility index (Phi) is 5.54. The highest BCUT2D eigenvalue weighted by molar-refractivity contribution is 5.94.